The van der Waals surface area contributed by atoms with Gasteiger partial charge >= 0.3 is 17.4 Å². The fourth-order valence-corrected chi connectivity index (χ4v) is 16.5. The molecule has 2 aliphatic heterocycles. The second kappa shape index (κ2) is 34.7. The predicted octanol–water partition coefficient (Wildman–Crippen LogP) is 11.4. The number of nitrogens with zero attached hydrogens (tertiary/aromatic N) is 5. The van der Waals surface area contributed by atoms with Crippen LogP contribution in [0.4, 0.5) is 9.18 Å². The lowest BCUT2D eigenvalue weighted by atomic mass is 9.80. The summed E-state index contributed by atoms with van der Waals surface area (Å²) in [6.07, 6.45) is 11.6. The van der Waals surface area contributed by atoms with Crippen LogP contribution < -0.4 is 37.3 Å². The number of hydrogen-bond acceptors (Lipinski definition) is 13. The van der Waals surface area contributed by atoms with E-state index in [0.717, 1.165) is 65.6 Å². The van der Waals surface area contributed by atoms with E-state index in [1.54, 1.807) is 51.5 Å². The molecule has 2 aromatic heterocycles. The number of amides is 2. The minimum Gasteiger partial charge on any atom is -0.497 e. The predicted molar refractivity (Wildman–Crippen MR) is 346 cm³/mol. The van der Waals surface area contributed by atoms with E-state index in [4.69, 9.17) is 28.4 Å². The number of carbonyl (C=O) groups is 1. The molecule has 0 aliphatic carbocycles. The number of halogens is 1. The lowest BCUT2D eigenvalue weighted by molar-refractivity contribution is -0.0928. The molecule has 90 heavy (non-hydrogen) atoms. The summed E-state index contributed by atoms with van der Waals surface area (Å²) in [7, 11) is 1.10. The molecule has 2 saturated heterocycles. The van der Waals surface area contributed by atoms with Gasteiger partial charge in [-0.05, 0) is 47.4 Å². The number of urea groups is 1. The molecule has 492 valence electrons. The van der Waals surface area contributed by atoms with Gasteiger partial charge in [-0.25, -0.2) is 23.4 Å². The number of aromatic nitrogens is 4. The molecule has 2 fully saturated rings. The van der Waals surface area contributed by atoms with Gasteiger partial charge in [-0.3, -0.25) is 28.7 Å². The van der Waals surface area contributed by atoms with E-state index < -0.39 is 102 Å². The molecule has 7 rings (SSSR count). The number of H-pyrrole nitrogens is 2. The van der Waals surface area contributed by atoms with Crippen LogP contribution in [0.2, 0.25) is 0 Å². The van der Waals surface area contributed by atoms with Crippen molar-refractivity contribution in [1.82, 2.24) is 34.0 Å². The number of methoxy groups -OCH3 is 3. The van der Waals surface area contributed by atoms with E-state index in [1.807, 2.05) is 78.9 Å². The van der Waals surface area contributed by atoms with Crippen molar-refractivity contribution in [1.29, 1.82) is 5.26 Å². The Morgan fingerprint density at radius 3 is 1.62 bits per heavy atom. The van der Waals surface area contributed by atoms with Gasteiger partial charge in [-0.15, -0.1) is 0 Å². The van der Waals surface area contributed by atoms with Crippen molar-refractivity contribution in [2.75, 3.05) is 54.1 Å². The molecule has 0 radical (unpaired) electrons. The third-order valence-electron chi connectivity index (χ3n) is 17.8. The average Bonchev–Trinajstić information content (AvgIpc) is 1.37. The van der Waals surface area contributed by atoms with Gasteiger partial charge < -0.3 is 43.2 Å². The Balaban J connectivity index is 1.22. The van der Waals surface area contributed by atoms with E-state index in [9.17, 15) is 24.4 Å². The topological polar surface area (TPSA) is 242 Å². The van der Waals surface area contributed by atoms with Gasteiger partial charge in [0.25, 0.3) is 11.1 Å². The minimum absolute atomic E-state index is 0.0842. The van der Waals surface area contributed by atoms with Crippen LogP contribution in [0.25, 0.3) is 0 Å². The molecule has 5 aromatic rings. The second-order valence-corrected chi connectivity index (χ2v) is 28.2. The van der Waals surface area contributed by atoms with Crippen molar-refractivity contribution in [3.05, 3.63) is 162 Å². The van der Waals surface area contributed by atoms with Crippen molar-refractivity contribution in [3.63, 3.8) is 0 Å². The molecular formula is C68H96FN8O12P. The maximum absolute atomic E-state index is 17.9. The Hall–Kier alpha value is -6.66. The summed E-state index contributed by atoms with van der Waals surface area (Å²) in [6, 6.07) is 27.3. The smallest absolute Gasteiger partial charge is 0.330 e. The summed E-state index contributed by atoms with van der Waals surface area (Å²) in [5.74, 6) is 0.506. The standard InChI is InChI=1S/C68H96FN8O12P/c1-9-10-11-12-13-14-15-16-17-18-19-20-21-22-26-41-74(46-56-61(77(42-27-40-70)90(83,48(2)3)49(4)5)60(69)63(88-56)75-43-38-58(78)72-66(75)81)65(80)71-45-55-57(89-64(62(55)86-8)76-44-39-59(79)73-67(76)82)47-87-68(50-28-24-23-25-29-50,51-30-34-53(84-6)35-31-51)52-32-36-54(85-7)37-33-52/h23-25,28-39,43-44,48-49,55-57,60-64H,9-22,26-27,41-42,45-47H2,1-8H3,(H,71,80)(H,72,78,81)(H,73,79,82)/t55-,56-,57-,60-,61-,62-,63-,64-/m1/s1. The van der Waals surface area contributed by atoms with Crippen molar-refractivity contribution in [2.24, 2.45) is 5.92 Å². The number of alkyl halides is 1. The third-order valence-corrected chi connectivity index (χ3v) is 22.1. The maximum atomic E-state index is 17.9. The molecule has 22 heteroatoms. The van der Waals surface area contributed by atoms with E-state index in [2.05, 4.69) is 28.3 Å². The zero-order valence-corrected chi connectivity index (χ0v) is 54.8. The summed E-state index contributed by atoms with van der Waals surface area (Å²) in [5, 5.41) is 13.2. The summed E-state index contributed by atoms with van der Waals surface area (Å²) in [4.78, 5) is 73.4. The summed E-state index contributed by atoms with van der Waals surface area (Å²) >= 11 is 0. The number of rotatable bonds is 37. The maximum Gasteiger partial charge on any atom is 0.330 e. The first-order valence-electron chi connectivity index (χ1n) is 32.3. The van der Waals surface area contributed by atoms with Gasteiger partial charge in [-0.2, -0.15) is 5.26 Å². The lowest BCUT2D eigenvalue weighted by Gasteiger charge is -2.43. The van der Waals surface area contributed by atoms with Crippen LogP contribution in [0.1, 0.15) is 166 Å². The zero-order chi connectivity index (χ0) is 64.8. The molecule has 3 aromatic carbocycles. The van der Waals surface area contributed by atoms with Crippen molar-refractivity contribution >= 4 is 13.3 Å². The Morgan fingerprint density at radius 1 is 0.678 bits per heavy atom. The largest absolute Gasteiger partial charge is 0.497 e. The fraction of sp³-hybridized carbons (Fsp3) is 0.588. The molecule has 0 unspecified atom stereocenters. The van der Waals surface area contributed by atoms with Gasteiger partial charge in [0.05, 0.1) is 51.7 Å². The summed E-state index contributed by atoms with van der Waals surface area (Å²) < 4.78 is 75.4. The number of hydrogen-bond donors (Lipinski definition) is 3. The monoisotopic (exact) mass is 1270 g/mol. The number of benzene rings is 3. The Bertz CT molecular complexity index is 3280. The number of nitriles is 1. The quantitative estimate of drug-likeness (QED) is 0.0190. The van der Waals surface area contributed by atoms with Crippen molar-refractivity contribution in [3.8, 4) is 17.6 Å². The van der Waals surface area contributed by atoms with E-state index in [-0.39, 0.29) is 39.2 Å². The molecule has 0 bridgehead atoms. The molecular weight excluding hydrogens is 1170 g/mol. The van der Waals surface area contributed by atoms with Crippen molar-refractivity contribution in [2.45, 2.75) is 197 Å². The van der Waals surface area contributed by atoms with E-state index in [0.29, 0.717) is 17.9 Å². The first-order valence-corrected chi connectivity index (χ1v) is 34.1. The molecule has 20 nitrogen and oxygen atoms in total. The highest BCUT2D eigenvalue weighted by atomic mass is 31.2. The fourth-order valence-electron chi connectivity index (χ4n) is 13.0. The normalized spacial score (nSPS) is 20.2. The number of aromatic amines is 2. The van der Waals surface area contributed by atoms with Gasteiger partial charge in [0.15, 0.2) is 25.9 Å². The highest BCUT2D eigenvalue weighted by Crippen LogP contribution is 2.61. The van der Waals surface area contributed by atoms with Gasteiger partial charge in [0.1, 0.15) is 23.2 Å². The molecule has 0 spiro atoms. The number of carbonyl (C=O) groups excluding carboxylic acids is 1. The molecule has 8 atom stereocenters. The van der Waals surface area contributed by atoms with Gasteiger partial charge in [0.2, 0.25) is 0 Å². The Kier molecular flexibility index (Phi) is 27.3. The molecule has 2 amide bonds. The van der Waals surface area contributed by atoms with Gasteiger partial charge in [0, 0.05) is 74.9 Å². The first-order chi connectivity index (χ1) is 43.5. The molecule has 2 aliphatic rings. The van der Waals surface area contributed by atoms with Crippen LogP contribution in [-0.4, -0.2) is 131 Å². The SMILES string of the molecule is CCCCCCCCCCCCCCCCCN(C[C@H]1O[C@@H](n2ccc(=O)[nH]c2=O)[C@H](F)[C@@H]1N(CCC#N)P(=O)(C(C)C)C(C)C)C(=O)NC[C@H]1[C@@H](OC)[C@H](n2ccc(=O)[nH]c2=O)O[C@@H]1COC(c1ccccc1)(c1ccc(OC)cc1)c1ccc(OC)cc1. The van der Waals surface area contributed by atoms with Crippen LogP contribution in [0, 0.1) is 17.2 Å². The second-order valence-electron chi connectivity index (χ2n) is 24.3. The number of unbranched alkanes of at least 4 members (excludes halogenated alkanes) is 14. The lowest BCUT2D eigenvalue weighted by Crippen LogP contribution is -2.53. The molecule has 0 saturated carbocycles. The third kappa shape index (κ3) is 17.5. The van der Waals surface area contributed by atoms with Crippen LogP contribution >= 0.6 is 7.29 Å². The molecule has 4 heterocycles. The summed E-state index contributed by atoms with van der Waals surface area (Å²) in [5.41, 5.74) is -2.98. The van der Waals surface area contributed by atoms with Gasteiger partial charge in [-0.1, -0.05) is 179 Å². The number of ether oxygens (including phenoxy) is 6. The van der Waals surface area contributed by atoms with Crippen LogP contribution in [0.5, 0.6) is 11.5 Å². The first kappa shape index (κ1) is 70.8. The zero-order valence-electron chi connectivity index (χ0n) is 53.9. The molecule has 3 N–H and O–H groups in total. The van der Waals surface area contributed by atoms with Crippen LogP contribution in [0.3, 0.4) is 0 Å². The number of nitrogens with one attached hydrogen (secondary N) is 3. The average molecular weight is 1270 g/mol. The van der Waals surface area contributed by atoms with E-state index >= 15 is 13.8 Å². The minimum atomic E-state index is -3.55. The highest BCUT2D eigenvalue weighted by molar-refractivity contribution is 7.62. The summed E-state index contributed by atoms with van der Waals surface area (Å²) in [6.45, 7) is 9.06. The highest BCUT2D eigenvalue weighted by Gasteiger charge is 2.55. The Labute approximate surface area is 529 Å². The van der Waals surface area contributed by atoms with Crippen LogP contribution in [0.15, 0.2) is 123 Å². The van der Waals surface area contributed by atoms with Crippen molar-refractivity contribution < 1.29 is 42.2 Å². The van der Waals surface area contributed by atoms with Crippen LogP contribution in [-0.2, 0) is 29.1 Å². The van der Waals surface area contributed by atoms with E-state index in [1.165, 1.54) is 81.7 Å². The Morgan fingerprint density at radius 2 is 1.16 bits per heavy atom.